The fourth-order valence-electron chi connectivity index (χ4n) is 3.58. The van der Waals surface area contributed by atoms with Crippen molar-refractivity contribution in [2.75, 3.05) is 10.6 Å². The van der Waals surface area contributed by atoms with E-state index >= 15 is 0 Å². The Morgan fingerprint density at radius 3 is 2.41 bits per heavy atom. The zero-order chi connectivity index (χ0) is 24.5. The molecule has 0 spiro atoms. The molecule has 2 N–H and O–H groups in total. The second-order valence-corrected chi connectivity index (χ2v) is 8.98. The summed E-state index contributed by atoms with van der Waals surface area (Å²) in [5.41, 5.74) is 1.34. The fraction of sp³-hybridized carbons (Fsp3) is 0.231. The number of anilines is 3. The van der Waals surface area contributed by atoms with Crippen molar-refractivity contribution < 1.29 is 14.0 Å². The van der Waals surface area contributed by atoms with Crippen molar-refractivity contribution in [1.29, 1.82) is 0 Å². The van der Waals surface area contributed by atoms with E-state index in [4.69, 9.17) is 16.0 Å². The summed E-state index contributed by atoms with van der Waals surface area (Å²) in [5.74, 6) is 0.303. The van der Waals surface area contributed by atoms with Gasteiger partial charge in [0, 0.05) is 33.8 Å². The summed E-state index contributed by atoms with van der Waals surface area (Å²) in [6.45, 7) is 7.83. The third-order valence-corrected chi connectivity index (χ3v) is 6.16. The number of carbonyl (C=O) groups is 2. The molecular formula is C26H25ClN4O3. The molecule has 0 aliphatic heterocycles. The van der Waals surface area contributed by atoms with Gasteiger partial charge in [0.15, 0.2) is 0 Å². The van der Waals surface area contributed by atoms with Crippen molar-refractivity contribution in [1.82, 2.24) is 9.97 Å². The first kappa shape index (κ1) is 23.4. The number of amides is 1. The Hall–Kier alpha value is -3.71. The molecule has 0 saturated heterocycles. The zero-order valence-corrected chi connectivity index (χ0v) is 20.2. The number of nitrogens with zero attached hydrogens (tertiary/aromatic N) is 2. The minimum absolute atomic E-state index is 0.136. The maximum Gasteiger partial charge on any atom is 0.296 e. The number of nitrogens with one attached hydrogen (secondary N) is 2. The molecular weight excluding hydrogens is 452 g/mol. The number of hydrogen-bond donors (Lipinski definition) is 2. The van der Waals surface area contributed by atoms with Gasteiger partial charge >= 0.3 is 0 Å². The molecule has 0 atom stereocenters. The van der Waals surface area contributed by atoms with E-state index in [0.29, 0.717) is 23.0 Å². The van der Waals surface area contributed by atoms with Gasteiger partial charge in [0.2, 0.25) is 5.28 Å². The third kappa shape index (κ3) is 4.65. The number of ketones is 1. The van der Waals surface area contributed by atoms with Gasteiger partial charge in [-0.2, -0.15) is 0 Å². The van der Waals surface area contributed by atoms with Gasteiger partial charge in [-0.1, -0.05) is 45.0 Å². The maximum absolute atomic E-state index is 13.0. The van der Waals surface area contributed by atoms with Gasteiger partial charge in [0.25, 0.3) is 11.7 Å². The molecule has 34 heavy (non-hydrogen) atoms. The summed E-state index contributed by atoms with van der Waals surface area (Å²) in [4.78, 5) is 33.9. The van der Waals surface area contributed by atoms with Crippen LogP contribution in [0.5, 0.6) is 0 Å². The van der Waals surface area contributed by atoms with Crippen LogP contribution in [0.1, 0.15) is 49.1 Å². The largest absolute Gasteiger partial charge is 0.465 e. The summed E-state index contributed by atoms with van der Waals surface area (Å²) < 4.78 is 5.81. The van der Waals surface area contributed by atoms with E-state index in [2.05, 4.69) is 27.5 Å². The minimum Gasteiger partial charge on any atom is -0.465 e. The van der Waals surface area contributed by atoms with Crippen LogP contribution in [0.25, 0.3) is 10.8 Å². The van der Waals surface area contributed by atoms with Gasteiger partial charge in [0.1, 0.15) is 17.3 Å². The van der Waals surface area contributed by atoms with Crippen molar-refractivity contribution >= 4 is 51.3 Å². The van der Waals surface area contributed by atoms with Crippen molar-refractivity contribution in [3.8, 4) is 0 Å². The Labute approximate surface area is 202 Å². The standard InChI is InChI=1S/C26H25ClN4O3/c1-5-26(3,4)21-14-18(15(2)34-21)23(32)24(33)30-20-11-10-19(16-8-6-7-9-17(16)20)29-22-12-13-28-25(27)31-22/h6-14H,5H2,1-4H3,(H,30,33)(H,28,29,31). The molecule has 0 aliphatic carbocycles. The lowest BCUT2D eigenvalue weighted by Gasteiger charge is -2.18. The summed E-state index contributed by atoms with van der Waals surface area (Å²) in [5, 5.41) is 7.73. The number of Topliss-reactive ketones (excluding diaryl/α,β-unsaturated/α-hetero) is 1. The van der Waals surface area contributed by atoms with Crippen LogP contribution < -0.4 is 10.6 Å². The Kier molecular flexibility index (Phi) is 6.39. The number of carbonyl (C=O) groups excluding carboxylic acids is 2. The Morgan fingerprint density at radius 1 is 1.06 bits per heavy atom. The topological polar surface area (TPSA) is 97.1 Å². The quantitative estimate of drug-likeness (QED) is 0.181. The highest BCUT2D eigenvalue weighted by Gasteiger charge is 2.28. The summed E-state index contributed by atoms with van der Waals surface area (Å²) >= 11 is 5.89. The maximum atomic E-state index is 13.0. The van der Waals surface area contributed by atoms with Crippen LogP contribution in [0.4, 0.5) is 17.2 Å². The van der Waals surface area contributed by atoms with Crippen LogP contribution in [0.3, 0.4) is 0 Å². The molecule has 2 aromatic carbocycles. The minimum atomic E-state index is -0.724. The van der Waals surface area contributed by atoms with Gasteiger partial charge in [-0.15, -0.1) is 0 Å². The number of aromatic nitrogens is 2. The second kappa shape index (κ2) is 9.27. The van der Waals surface area contributed by atoms with Crippen LogP contribution in [-0.4, -0.2) is 21.7 Å². The highest BCUT2D eigenvalue weighted by atomic mass is 35.5. The first-order chi connectivity index (χ1) is 16.2. The van der Waals surface area contributed by atoms with Crippen molar-refractivity contribution in [2.24, 2.45) is 0 Å². The normalized spacial score (nSPS) is 11.4. The van der Waals surface area contributed by atoms with E-state index in [1.807, 2.05) is 44.2 Å². The van der Waals surface area contributed by atoms with Gasteiger partial charge in [-0.05, 0) is 49.2 Å². The number of aryl methyl sites for hydroxylation is 1. The van der Waals surface area contributed by atoms with E-state index in [0.717, 1.165) is 22.9 Å². The molecule has 174 valence electrons. The highest BCUT2D eigenvalue weighted by molar-refractivity contribution is 6.47. The monoisotopic (exact) mass is 476 g/mol. The molecule has 2 aromatic heterocycles. The van der Waals surface area contributed by atoms with Gasteiger partial charge in [-0.25, -0.2) is 9.97 Å². The lowest BCUT2D eigenvalue weighted by atomic mass is 9.87. The molecule has 0 aliphatic rings. The predicted molar refractivity (Wildman–Crippen MR) is 134 cm³/mol. The number of benzene rings is 2. The molecule has 8 heteroatoms. The van der Waals surface area contributed by atoms with Gasteiger partial charge in [-0.3, -0.25) is 9.59 Å². The summed E-state index contributed by atoms with van der Waals surface area (Å²) in [6, 6.07) is 14.5. The van der Waals surface area contributed by atoms with Crippen molar-refractivity contribution in [3.63, 3.8) is 0 Å². The van der Waals surface area contributed by atoms with E-state index in [1.54, 1.807) is 31.3 Å². The average Bonchev–Trinajstić information content (AvgIpc) is 3.22. The van der Waals surface area contributed by atoms with Gasteiger partial charge < -0.3 is 15.1 Å². The Morgan fingerprint density at radius 2 is 1.74 bits per heavy atom. The lowest BCUT2D eigenvalue weighted by molar-refractivity contribution is -0.112. The SMILES string of the molecule is CCC(C)(C)c1cc(C(=O)C(=O)Nc2ccc(Nc3ccnc(Cl)n3)c3ccccc23)c(C)o1. The molecule has 0 saturated carbocycles. The number of rotatable bonds is 7. The molecule has 0 unspecified atom stereocenters. The summed E-state index contributed by atoms with van der Waals surface area (Å²) in [7, 11) is 0. The number of furan rings is 1. The molecule has 0 fully saturated rings. The second-order valence-electron chi connectivity index (χ2n) is 8.64. The molecule has 4 aromatic rings. The predicted octanol–water partition coefficient (Wildman–Crippen LogP) is 6.44. The van der Waals surface area contributed by atoms with Gasteiger partial charge in [0.05, 0.1) is 5.56 Å². The van der Waals surface area contributed by atoms with E-state index < -0.39 is 11.7 Å². The molecule has 0 radical (unpaired) electrons. The molecule has 7 nitrogen and oxygen atoms in total. The fourth-order valence-corrected chi connectivity index (χ4v) is 3.72. The highest BCUT2D eigenvalue weighted by Crippen LogP contribution is 2.33. The van der Waals surface area contributed by atoms with Crippen LogP contribution in [0.15, 0.2) is 59.1 Å². The molecule has 4 rings (SSSR count). The Bertz CT molecular complexity index is 1390. The van der Waals surface area contributed by atoms with Crippen LogP contribution in [0.2, 0.25) is 5.28 Å². The lowest BCUT2D eigenvalue weighted by Crippen LogP contribution is -2.23. The molecule has 2 heterocycles. The number of fused-ring (bicyclic) bond motifs is 1. The van der Waals surface area contributed by atoms with Crippen LogP contribution >= 0.6 is 11.6 Å². The third-order valence-electron chi connectivity index (χ3n) is 5.98. The van der Waals surface area contributed by atoms with Crippen LogP contribution in [0, 0.1) is 6.92 Å². The van der Waals surface area contributed by atoms with Crippen molar-refractivity contribution in [3.05, 3.63) is 77.1 Å². The summed E-state index contributed by atoms with van der Waals surface area (Å²) in [6.07, 6.45) is 2.40. The van der Waals surface area contributed by atoms with E-state index in [9.17, 15) is 9.59 Å². The molecule has 0 bridgehead atoms. The molecule has 1 amide bonds. The first-order valence-electron chi connectivity index (χ1n) is 10.9. The zero-order valence-electron chi connectivity index (χ0n) is 19.4. The first-order valence-corrected chi connectivity index (χ1v) is 11.3. The average molecular weight is 477 g/mol. The Balaban J connectivity index is 1.61. The van der Waals surface area contributed by atoms with Crippen LogP contribution in [-0.2, 0) is 10.2 Å². The van der Waals surface area contributed by atoms with Crippen molar-refractivity contribution in [2.45, 2.75) is 39.5 Å². The smallest absolute Gasteiger partial charge is 0.296 e. The van der Waals surface area contributed by atoms with E-state index in [-0.39, 0.29) is 16.3 Å². The number of hydrogen-bond acceptors (Lipinski definition) is 6. The van der Waals surface area contributed by atoms with E-state index in [1.165, 1.54) is 0 Å². The number of halogens is 1.